The molecule has 1 N–H and O–H groups in total. The van der Waals surface area contributed by atoms with Gasteiger partial charge in [0.1, 0.15) is 5.60 Å². The second-order valence-corrected chi connectivity index (χ2v) is 12.0. The molecule has 1 amide bonds. The summed E-state index contributed by atoms with van der Waals surface area (Å²) in [6.45, 7) is 12.6. The van der Waals surface area contributed by atoms with Crippen LogP contribution in [0.5, 0.6) is 0 Å². The average Bonchev–Trinajstić information content (AvgIpc) is 2.74. The van der Waals surface area contributed by atoms with Crippen molar-refractivity contribution in [2.24, 2.45) is 0 Å². The van der Waals surface area contributed by atoms with E-state index in [9.17, 15) is 14.4 Å². The highest BCUT2D eigenvalue weighted by Crippen LogP contribution is 2.36. The number of amides is 1. The fraction of sp³-hybridized carbons (Fsp3) is 0.519. The van der Waals surface area contributed by atoms with Gasteiger partial charge in [0, 0.05) is 51.5 Å². The number of hydrogen-bond donors (Lipinski definition) is 1. The highest BCUT2D eigenvalue weighted by atomic mass is 35.5. The summed E-state index contributed by atoms with van der Waals surface area (Å²) in [5.41, 5.74) is 3.24. The maximum atomic E-state index is 13.1. The van der Waals surface area contributed by atoms with Crippen LogP contribution in [-0.2, 0) is 11.2 Å². The van der Waals surface area contributed by atoms with E-state index >= 15 is 0 Å². The summed E-state index contributed by atoms with van der Waals surface area (Å²) in [6.07, 6.45) is 2.04. The molecule has 1 aliphatic rings. The molecule has 3 rings (SSSR count). The summed E-state index contributed by atoms with van der Waals surface area (Å²) in [5, 5.41) is 0.847. The van der Waals surface area contributed by atoms with Gasteiger partial charge in [-0.25, -0.2) is 4.79 Å². The Balaban J connectivity index is 1.66. The number of halogens is 1. The molecule has 1 saturated heterocycles. The molecular weight excluding hydrogens is 484 g/mol. The minimum Gasteiger partial charge on any atom is -0.444 e. The molecule has 6 nitrogen and oxygen atoms in total. The van der Waals surface area contributed by atoms with Crippen LogP contribution in [0.2, 0.25) is 5.02 Å². The van der Waals surface area contributed by atoms with Gasteiger partial charge in [0.05, 0.1) is 0 Å². The number of likely N-dealkylation sites (tertiary alicyclic amines) is 1. The van der Waals surface area contributed by atoms with Crippen molar-refractivity contribution < 1.29 is 14.3 Å². The number of piperidine rings is 1. The van der Waals surface area contributed by atoms with E-state index in [1.165, 1.54) is 0 Å². The molecule has 0 saturated carbocycles. The van der Waals surface area contributed by atoms with E-state index in [0.717, 1.165) is 34.6 Å². The van der Waals surface area contributed by atoms with E-state index in [-0.39, 0.29) is 23.9 Å². The molecule has 0 unspecified atom stereocenters. The van der Waals surface area contributed by atoms with Crippen LogP contribution in [0.3, 0.4) is 0 Å². The number of benzene rings is 1. The van der Waals surface area contributed by atoms with Crippen molar-refractivity contribution in [1.82, 2.24) is 9.88 Å². The summed E-state index contributed by atoms with van der Waals surface area (Å²) in [4.78, 5) is 43.3. The smallest absolute Gasteiger partial charge is 0.410 e. The van der Waals surface area contributed by atoms with Crippen molar-refractivity contribution >= 4 is 35.2 Å². The average molecular weight is 519 g/mol. The summed E-state index contributed by atoms with van der Waals surface area (Å²) in [6, 6.07) is 5.56. The third-order valence-corrected chi connectivity index (χ3v) is 7.81. The zero-order valence-corrected chi connectivity index (χ0v) is 23.0. The molecule has 1 fully saturated rings. The van der Waals surface area contributed by atoms with Crippen molar-refractivity contribution in [2.45, 2.75) is 83.0 Å². The van der Waals surface area contributed by atoms with Gasteiger partial charge in [-0.1, -0.05) is 11.6 Å². The van der Waals surface area contributed by atoms with Crippen molar-refractivity contribution in [2.75, 3.05) is 13.1 Å². The number of thioether (sulfide) groups is 1. The number of carbonyl (C=O) groups excluding carboxylic acids is 2. The molecule has 1 aliphatic heterocycles. The third-order valence-electron chi connectivity index (χ3n) is 6.11. The second-order valence-electron chi connectivity index (χ2n) is 10.2. The van der Waals surface area contributed by atoms with E-state index in [0.29, 0.717) is 40.9 Å². The number of nitrogens with one attached hydrogen (secondary N) is 1. The fourth-order valence-electron chi connectivity index (χ4n) is 4.29. The van der Waals surface area contributed by atoms with Gasteiger partial charge in [-0.05, 0) is 90.1 Å². The summed E-state index contributed by atoms with van der Waals surface area (Å²) in [5.74, 6) is -0.0222. The first-order valence-corrected chi connectivity index (χ1v) is 13.3. The van der Waals surface area contributed by atoms with Gasteiger partial charge in [0.2, 0.25) is 0 Å². The van der Waals surface area contributed by atoms with Gasteiger partial charge in [0.25, 0.3) is 5.56 Å². The normalized spacial score (nSPS) is 14.8. The van der Waals surface area contributed by atoms with E-state index < -0.39 is 5.60 Å². The standard InChI is InChI=1S/C27H35ClN2O4S/c1-16-13-17(2)29-25(32)21(16)7-8-23(31)22-14-19(28)15-24(18(22)3)35-20-9-11-30(12-10-20)26(33)34-27(4,5)6/h13-15,20H,7-12H2,1-6H3,(H,29,32). The molecular formula is C27H35ClN2O4S. The Kier molecular flexibility index (Phi) is 8.76. The molecule has 0 aliphatic carbocycles. The number of aromatic amines is 1. The summed E-state index contributed by atoms with van der Waals surface area (Å²) >= 11 is 8.12. The van der Waals surface area contributed by atoms with Gasteiger partial charge in [-0.3, -0.25) is 9.59 Å². The predicted octanol–water partition coefficient (Wildman–Crippen LogP) is 6.26. The molecule has 190 valence electrons. The molecule has 0 bridgehead atoms. The molecule has 2 aromatic rings. The van der Waals surface area contributed by atoms with Crippen LogP contribution >= 0.6 is 23.4 Å². The van der Waals surface area contributed by atoms with Gasteiger partial charge in [-0.15, -0.1) is 11.8 Å². The van der Waals surface area contributed by atoms with Gasteiger partial charge < -0.3 is 14.6 Å². The Morgan fingerprint density at radius 1 is 1.14 bits per heavy atom. The van der Waals surface area contributed by atoms with E-state index in [1.54, 1.807) is 22.7 Å². The monoisotopic (exact) mass is 518 g/mol. The number of ketones is 1. The number of Topliss-reactive ketones (excluding diaryl/α,β-unsaturated/α-hetero) is 1. The molecule has 35 heavy (non-hydrogen) atoms. The van der Waals surface area contributed by atoms with Crippen molar-refractivity contribution in [3.63, 3.8) is 0 Å². The fourth-order valence-corrected chi connectivity index (χ4v) is 5.86. The lowest BCUT2D eigenvalue weighted by Gasteiger charge is -2.33. The van der Waals surface area contributed by atoms with Crippen molar-refractivity contribution in [1.29, 1.82) is 0 Å². The summed E-state index contributed by atoms with van der Waals surface area (Å²) < 4.78 is 5.49. The van der Waals surface area contributed by atoms with Crippen molar-refractivity contribution in [3.8, 4) is 0 Å². The minimum atomic E-state index is -0.505. The lowest BCUT2D eigenvalue weighted by molar-refractivity contribution is 0.0219. The van der Waals surface area contributed by atoms with Crippen LogP contribution < -0.4 is 5.56 Å². The van der Waals surface area contributed by atoms with Crippen LogP contribution in [0.25, 0.3) is 0 Å². The third kappa shape index (κ3) is 7.37. The maximum Gasteiger partial charge on any atom is 0.410 e. The van der Waals surface area contributed by atoms with Crippen LogP contribution in [0.4, 0.5) is 4.79 Å². The quantitative estimate of drug-likeness (QED) is 0.456. The predicted molar refractivity (Wildman–Crippen MR) is 142 cm³/mol. The van der Waals surface area contributed by atoms with Gasteiger partial charge in [0.15, 0.2) is 5.78 Å². The number of nitrogens with zero attached hydrogens (tertiary/aromatic N) is 1. The number of hydrogen-bond acceptors (Lipinski definition) is 5. The van der Waals surface area contributed by atoms with Gasteiger partial charge in [-0.2, -0.15) is 0 Å². The molecule has 0 atom stereocenters. The first-order chi connectivity index (χ1) is 16.3. The highest BCUT2D eigenvalue weighted by molar-refractivity contribution is 8.00. The molecule has 1 aromatic heterocycles. The zero-order chi connectivity index (χ0) is 25.9. The van der Waals surface area contributed by atoms with Crippen LogP contribution in [-0.4, -0.2) is 45.7 Å². The van der Waals surface area contributed by atoms with E-state index in [4.69, 9.17) is 16.3 Å². The number of aryl methyl sites for hydroxylation is 2. The molecule has 1 aromatic carbocycles. The number of H-pyrrole nitrogens is 1. The highest BCUT2D eigenvalue weighted by Gasteiger charge is 2.28. The van der Waals surface area contributed by atoms with Crippen molar-refractivity contribution in [3.05, 3.63) is 61.5 Å². The number of ether oxygens (including phenoxy) is 1. The number of rotatable bonds is 6. The number of carbonyl (C=O) groups is 2. The summed E-state index contributed by atoms with van der Waals surface area (Å²) in [7, 11) is 0. The topological polar surface area (TPSA) is 79.5 Å². The maximum absolute atomic E-state index is 13.1. The molecule has 8 heteroatoms. The largest absolute Gasteiger partial charge is 0.444 e. The van der Waals surface area contributed by atoms with Crippen LogP contribution in [0.15, 0.2) is 27.9 Å². The number of aromatic nitrogens is 1. The first kappa shape index (κ1) is 27.3. The SMILES string of the molecule is Cc1cc(C)c(CCC(=O)c2cc(Cl)cc(SC3CCN(C(=O)OC(C)(C)C)CC3)c2C)c(=O)[nH]1. The zero-order valence-electron chi connectivity index (χ0n) is 21.4. The van der Waals surface area contributed by atoms with Crippen LogP contribution in [0, 0.1) is 20.8 Å². The van der Waals surface area contributed by atoms with Gasteiger partial charge >= 0.3 is 6.09 Å². The van der Waals surface area contributed by atoms with E-state index in [2.05, 4.69) is 4.98 Å². The lowest BCUT2D eigenvalue weighted by atomic mass is 9.98. The molecule has 2 heterocycles. The molecule has 0 spiro atoms. The Labute approximate surface area is 216 Å². The second kappa shape index (κ2) is 11.2. The Morgan fingerprint density at radius 3 is 2.40 bits per heavy atom. The number of pyridine rings is 1. The lowest BCUT2D eigenvalue weighted by Crippen LogP contribution is -2.42. The van der Waals surface area contributed by atoms with Crippen LogP contribution in [0.1, 0.15) is 72.8 Å². The van der Waals surface area contributed by atoms with E-state index in [1.807, 2.05) is 53.7 Å². The minimum absolute atomic E-state index is 0.0222. The Hall–Kier alpha value is -2.25. The Bertz CT molecular complexity index is 1160. The molecule has 0 radical (unpaired) electrons. The Morgan fingerprint density at radius 2 is 1.80 bits per heavy atom. The first-order valence-electron chi connectivity index (χ1n) is 12.0.